The van der Waals surface area contributed by atoms with Crippen molar-refractivity contribution in [3.63, 3.8) is 0 Å². The number of anilines is 1. The average Bonchev–Trinajstić information content (AvgIpc) is 2.75. The molecule has 3 aromatic rings. The molecule has 0 bridgehead atoms. The van der Waals surface area contributed by atoms with E-state index >= 15 is 0 Å². The molecular weight excluding hydrogens is 362 g/mol. The highest BCUT2D eigenvalue weighted by Gasteiger charge is 2.10. The first kappa shape index (κ1) is 20.2. The third kappa shape index (κ3) is 5.72. The summed E-state index contributed by atoms with van der Waals surface area (Å²) in [6.45, 7) is 1.86. The Balaban J connectivity index is 1.65. The topological polar surface area (TPSA) is 47.6 Å². The molecule has 0 saturated heterocycles. The smallest absolute Gasteiger partial charge is 0.262 e. The predicted molar refractivity (Wildman–Crippen MR) is 118 cm³/mol. The Morgan fingerprint density at radius 1 is 0.966 bits per heavy atom. The standard InChI is InChI=1S/C25H25NO3/c1-3-9-19-14-15-23(24(17-19)28-2)29-18-25(27)26-22-13-8-7-12-21(22)16-20-10-5-4-6-11-20/h3-15,17H,16,18H2,1-2H3,(H,26,27). The van der Waals surface area contributed by atoms with E-state index in [1.54, 1.807) is 7.11 Å². The van der Waals surface area contributed by atoms with Gasteiger partial charge in [0.15, 0.2) is 18.1 Å². The first-order valence-electron chi connectivity index (χ1n) is 9.55. The van der Waals surface area contributed by atoms with Crippen LogP contribution < -0.4 is 14.8 Å². The van der Waals surface area contributed by atoms with Gasteiger partial charge in [-0.05, 0) is 48.2 Å². The molecule has 0 fully saturated rings. The molecule has 0 aromatic heterocycles. The van der Waals surface area contributed by atoms with Gasteiger partial charge < -0.3 is 14.8 Å². The maximum absolute atomic E-state index is 12.5. The number of methoxy groups -OCH3 is 1. The Kier molecular flexibility index (Phi) is 7.06. The van der Waals surface area contributed by atoms with Crippen LogP contribution >= 0.6 is 0 Å². The lowest BCUT2D eigenvalue weighted by atomic mass is 10.0. The summed E-state index contributed by atoms with van der Waals surface area (Å²) in [5.74, 6) is 0.913. The van der Waals surface area contributed by atoms with Crippen molar-refractivity contribution in [2.45, 2.75) is 13.3 Å². The molecule has 0 spiro atoms. The molecule has 0 aliphatic carbocycles. The highest BCUT2D eigenvalue weighted by molar-refractivity contribution is 5.92. The summed E-state index contributed by atoms with van der Waals surface area (Å²) in [6.07, 6.45) is 4.68. The van der Waals surface area contributed by atoms with Crippen LogP contribution in [0.15, 0.2) is 78.9 Å². The van der Waals surface area contributed by atoms with Crippen molar-refractivity contribution in [3.8, 4) is 11.5 Å². The highest BCUT2D eigenvalue weighted by atomic mass is 16.5. The third-order valence-electron chi connectivity index (χ3n) is 4.43. The van der Waals surface area contributed by atoms with Crippen molar-refractivity contribution in [1.82, 2.24) is 0 Å². The molecular formula is C25H25NO3. The number of hydrogen-bond donors (Lipinski definition) is 1. The monoisotopic (exact) mass is 387 g/mol. The fourth-order valence-electron chi connectivity index (χ4n) is 3.04. The first-order chi connectivity index (χ1) is 14.2. The van der Waals surface area contributed by atoms with Crippen molar-refractivity contribution in [2.24, 2.45) is 0 Å². The van der Waals surface area contributed by atoms with Crippen LogP contribution in [0, 0.1) is 0 Å². The largest absolute Gasteiger partial charge is 0.493 e. The minimum absolute atomic E-state index is 0.0982. The molecule has 0 aliphatic heterocycles. The van der Waals surface area contributed by atoms with Crippen LogP contribution in [0.2, 0.25) is 0 Å². The fraction of sp³-hybridized carbons (Fsp3) is 0.160. The number of hydrogen-bond acceptors (Lipinski definition) is 3. The number of nitrogens with one attached hydrogen (secondary N) is 1. The van der Waals surface area contributed by atoms with Gasteiger partial charge in [-0.3, -0.25) is 4.79 Å². The quantitative estimate of drug-likeness (QED) is 0.568. The van der Waals surface area contributed by atoms with E-state index < -0.39 is 0 Å². The maximum atomic E-state index is 12.5. The molecule has 0 atom stereocenters. The van der Waals surface area contributed by atoms with Crippen LogP contribution in [0.4, 0.5) is 5.69 Å². The van der Waals surface area contributed by atoms with Gasteiger partial charge >= 0.3 is 0 Å². The van der Waals surface area contributed by atoms with E-state index in [-0.39, 0.29) is 12.5 Å². The zero-order chi connectivity index (χ0) is 20.5. The van der Waals surface area contributed by atoms with E-state index in [0.717, 1.165) is 23.2 Å². The molecule has 148 valence electrons. The van der Waals surface area contributed by atoms with Gasteiger partial charge in [0.25, 0.3) is 5.91 Å². The number of amides is 1. The molecule has 0 unspecified atom stereocenters. The zero-order valence-corrected chi connectivity index (χ0v) is 16.7. The Morgan fingerprint density at radius 3 is 2.48 bits per heavy atom. The molecule has 0 aliphatic rings. The summed E-state index contributed by atoms with van der Waals surface area (Å²) in [4.78, 5) is 12.5. The molecule has 3 rings (SSSR count). The van der Waals surface area contributed by atoms with Gasteiger partial charge in [-0.15, -0.1) is 0 Å². The van der Waals surface area contributed by atoms with Gasteiger partial charge in [-0.25, -0.2) is 0 Å². The number of rotatable bonds is 8. The second-order valence-corrected chi connectivity index (χ2v) is 6.57. The van der Waals surface area contributed by atoms with Crippen molar-refractivity contribution >= 4 is 17.7 Å². The molecule has 4 heteroatoms. The van der Waals surface area contributed by atoms with Crippen molar-refractivity contribution < 1.29 is 14.3 Å². The lowest BCUT2D eigenvalue weighted by Gasteiger charge is -2.13. The summed E-state index contributed by atoms with van der Waals surface area (Å²) >= 11 is 0. The summed E-state index contributed by atoms with van der Waals surface area (Å²) in [7, 11) is 1.58. The van der Waals surface area contributed by atoms with Crippen LogP contribution in [0.3, 0.4) is 0 Å². The third-order valence-corrected chi connectivity index (χ3v) is 4.43. The number of benzene rings is 3. The van der Waals surface area contributed by atoms with E-state index in [1.165, 1.54) is 5.56 Å². The first-order valence-corrected chi connectivity index (χ1v) is 9.55. The second-order valence-electron chi connectivity index (χ2n) is 6.57. The molecule has 0 radical (unpaired) electrons. The van der Waals surface area contributed by atoms with Gasteiger partial charge in [0.2, 0.25) is 0 Å². The highest BCUT2D eigenvalue weighted by Crippen LogP contribution is 2.28. The molecule has 1 amide bonds. The number of allylic oxidation sites excluding steroid dienone is 1. The molecule has 0 heterocycles. The van der Waals surface area contributed by atoms with Gasteiger partial charge in [0, 0.05) is 5.69 Å². The van der Waals surface area contributed by atoms with E-state index in [1.807, 2.05) is 79.7 Å². The van der Waals surface area contributed by atoms with Crippen molar-refractivity contribution in [1.29, 1.82) is 0 Å². The maximum Gasteiger partial charge on any atom is 0.262 e. The van der Waals surface area contributed by atoms with Crippen molar-refractivity contribution in [3.05, 3.63) is 95.6 Å². The Bertz CT molecular complexity index is 980. The van der Waals surface area contributed by atoms with E-state index in [2.05, 4.69) is 17.4 Å². The molecule has 0 saturated carbocycles. The summed E-state index contributed by atoms with van der Waals surface area (Å²) in [5, 5.41) is 2.95. The predicted octanol–water partition coefficient (Wildman–Crippen LogP) is 5.34. The van der Waals surface area contributed by atoms with Crippen LogP contribution in [-0.2, 0) is 11.2 Å². The van der Waals surface area contributed by atoms with Crippen molar-refractivity contribution in [2.75, 3.05) is 19.0 Å². The lowest BCUT2D eigenvalue weighted by Crippen LogP contribution is -2.21. The minimum Gasteiger partial charge on any atom is -0.493 e. The van der Waals surface area contributed by atoms with Crippen LogP contribution in [0.1, 0.15) is 23.6 Å². The average molecular weight is 387 g/mol. The van der Waals surface area contributed by atoms with Gasteiger partial charge in [-0.1, -0.05) is 66.7 Å². The van der Waals surface area contributed by atoms with Gasteiger partial charge in [0.1, 0.15) is 0 Å². The fourth-order valence-corrected chi connectivity index (χ4v) is 3.04. The summed E-state index contributed by atoms with van der Waals surface area (Å²) in [6, 6.07) is 23.6. The Morgan fingerprint density at radius 2 is 1.72 bits per heavy atom. The van der Waals surface area contributed by atoms with Crippen LogP contribution in [0.5, 0.6) is 11.5 Å². The number of para-hydroxylation sites is 1. The zero-order valence-electron chi connectivity index (χ0n) is 16.7. The number of carbonyl (C=O) groups is 1. The van der Waals surface area contributed by atoms with Crippen LogP contribution in [0.25, 0.3) is 6.08 Å². The SMILES string of the molecule is CC=Cc1ccc(OCC(=O)Nc2ccccc2Cc2ccccc2)c(OC)c1. The normalized spacial score (nSPS) is 10.7. The van der Waals surface area contributed by atoms with E-state index in [0.29, 0.717) is 11.5 Å². The van der Waals surface area contributed by atoms with E-state index in [4.69, 9.17) is 9.47 Å². The van der Waals surface area contributed by atoms with Gasteiger partial charge in [-0.2, -0.15) is 0 Å². The molecule has 4 nitrogen and oxygen atoms in total. The number of carbonyl (C=O) groups excluding carboxylic acids is 1. The lowest BCUT2D eigenvalue weighted by molar-refractivity contribution is -0.118. The molecule has 1 N–H and O–H groups in total. The summed E-state index contributed by atoms with van der Waals surface area (Å²) in [5.41, 5.74) is 4.05. The minimum atomic E-state index is -0.218. The van der Waals surface area contributed by atoms with Crippen LogP contribution in [-0.4, -0.2) is 19.6 Å². The van der Waals surface area contributed by atoms with Gasteiger partial charge in [0.05, 0.1) is 7.11 Å². The molecule has 29 heavy (non-hydrogen) atoms. The number of ether oxygens (including phenoxy) is 2. The summed E-state index contributed by atoms with van der Waals surface area (Å²) < 4.78 is 11.1. The van der Waals surface area contributed by atoms with E-state index in [9.17, 15) is 4.79 Å². The Labute approximate surface area is 171 Å². The second kappa shape index (κ2) is 10.1. The Hall–Kier alpha value is -3.53. The molecule has 3 aromatic carbocycles.